The first kappa shape index (κ1) is 16.3. The summed E-state index contributed by atoms with van der Waals surface area (Å²) in [5.74, 6) is 2.07. The van der Waals surface area contributed by atoms with Crippen molar-refractivity contribution in [3.8, 4) is 0 Å². The van der Waals surface area contributed by atoms with Crippen molar-refractivity contribution in [1.29, 1.82) is 0 Å². The standard InChI is InChI=1S/C20H26N4O/c25-20(16-6-1-2-7-16)24-12-5-8-17(14-24)19-22-11-13-23(19)15-18-9-3-4-10-21-18/h3-4,9-11,13,16-17H,1-2,5-8,12,14-15H2/t17-/m1/s1. The number of likely N-dealkylation sites (tertiary alicyclic amines) is 1. The molecule has 0 radical (unpaired) electrons. The van der Waals surface area contributed by atoms with Crippen LogP contribution in [0.25, 0.3) is 0 Å². The van der Waals surface area contributed by atoms with Gasteiger partial charge in [-0.05, 0) is 37.8 Å². The van der Waals surface area contributed by atoms with E-state index in [-0.39, 0.29) is 5.92 Å². The molecule has 0 spiro atoms. The van der Waals surface area contributed by atoms with Crippen molar-refractivity contribution in [1.82, 2.24) is 19.4 Å². The third-order valence-corrected chi connectivity index (χ3v) is 5.61. The SMILES string of the molecule is O=C(C1CCCC1)N1CCC[C@@H](c2nccn2Cc2ccccn2)C1. The van der Waals surface area contributed by atoms with Crippen molar-refractivity contribution >= 4 is 5.91 Å². The summed E-state index contributed by atoms with van der Waals surface area (Å²) >= 11 is 0. The van der Waals surface area contributed by atoms with Crippen molar-refractivity contribution < 1.29 is 4.79 Å². The summed E-state index contributed by atoms with van der Waals surface area (Å²) in [7, 11) is 0. The average Bonchev–Trinajstić information content (AvgIpc) is 3.34. The maximum absolute atomic E-state index is 12.8. The number of imidazole rings is 1. The Bertz CT molecular complexity index is 705. The Morgan fingerprint density at radius 2 is 1.96 bits per heavy atom. The fourth-order valence-electron chi connectivity index (χ4n) is 4.30. The molecule has 25 heavy (non-hydrogen) atoms. The highest BCUT2D eigenvalue weighted by atomic mass is 16.2. The molecule has 1 atom stereocenters. The second kappa shape index (κ2) is 7.38. The summed E-state index contributed by atoms with van der Waals surface area (Å²) in [6, 6.07) is 5.99. The maximum atomic E-state index is 12.8. The largest absolute Gasteiger partial charge is 0.342 e. The maximum Gasteiger partial charge on any atom is 0.225 e. The predicted octanol–water partition coefficient (Wildman–Crippen LogP) is 3.22. The van der Waals surface area contributed by atoms with Crippen LogP contribution in [-0.2, 0) is 11.3 Å². The zero-order chi connectivity index (χ0) is 17.1. The van der Waals surface area contributed by atoms with E-state index in [2.05, 4.69) is 19.4 Å². The van der Waals surface area contributed by atoms with E-state index < -0.39 is 0 Å². The van der Waals surface area contributed by atoms with Crippen molar-refractivity contribution in [3.05, 3.63) is 48.3 Å². The Balaban J connectivity index is 1.46. The Morgan fingerprint density at radius 1 is 1.08 bits per heavy atom. The molecule has 4 rings (SSSR count). The molecule has 5 nitrogen and oxygen atoms in total. The van der Waals surface area contributed by atoms with Gasteiger partial charge in [-0.1, -0.05) is 18.9 Å². The molecule has 132 valence electrons. The van der Waals surface area contributed by atoms with E-state index in [1.54, 1.807) is 0 Å². The number of hydrogen-bond donors (Lipinski definition) is 0. The molecule has 0 bridgehead atoms. The molecule has 1 aliphatic carbocycles. The summed E-state index contributed by atoms with van der Waals surface area (Å²) in [5.41, 5.74) is 1.04. The second-order valence-corrected chi connectivity index (χ2v) is 7.34. The Kier molecular flexibility index (Phi) is 4.81. The number of pyridine rings is 1. The van der Waals surface area contributed by atoms with Crippen molar-refractivity contribution in [2.75, 3.05) is 13.1 Å². The van der Waals surface area contributed by atoms with Crippen molar-refractivity contribution in [2.24, 2.45) is 5.92 Å². The van der Waals surface area contributed by atoms with E-state index >= 15 is 0 Å². The average molecular weight is 338 g/mol. The van der Waals surface area contributed by atoms with Crippen LogP contribution in [0, 0.1) is 5.92 Å². The summed E-state index contributed by atoms with van der Waals surface area (Å²) < 4.78 is 2.19. The summed E-state index contributed by atoms with van der Waals surface area (Å²) in [6.45, 7) is 2.46. The zero-order valence-electron chi connectivity index (χ0n) is 14.7. The summed E-state index contributed by atoms with van der Waals surface area (Å²) in [4.78, 5) is 23.9. The normalized spacial score (nSPS) is 21.6. The lowest BCUT2D eigenvalue weighted by molar-refractivity contribution is -0.136. The van der Waals surface area contributed by atoms with Crippen LogP contribution in [0.2, 0.25) is 0 Å². The van der Waals surface area contributed by atoms with Crippen molar-refractivity contribution in [3.63, 3.8) is 0 Å². The first-order valence-electron chi connectivity index (χ1n) is 9.51. The van der Waals surface area contributed by atoms with Gasteiger partial charge in [0.05, 0.1) is 12.2 Å². The Morgan fingerprint density at radius 3 is 2.76 bits per heavy atom. The van der Waals surface area contributed by atoms with Gasteiger partial charge in [0.2, 0.25) is 5.91 Å². The number of carbonyl (C=O) groups is 1. The molecule has 1 amide bonds. The topological polar surface area (TPSA) is 51.0 Å². The van der Waals surface area contributed by atoms with Gasteiger partial charge in [0.25, 0.3) is 0 Å². The minimum Gasteiger partial charge on any atom is -0.342 e. The molecule has 5 heteroatoms. The van der Waals surface area contributed by atoms with Crippen LogP contribution in [0.3, 0.4) is 0 Å². The molecule has 0 N–H and O–H groups in total. The fourth-order valence-corrected chi connectivity index (χ4v) is 4.30. The Labute approximate surface area is 149 Å². The summed E-state index contributed by atoms with van der Waals surface area (Å²) in [5, 5.41) is 0. The lowest BCUT2D eigenvalue weighted by atomic mass is 9.95. The molecule has 2 fully saturated rings. The minimum atomic E-state index is 0.270. The zero-order valence-corrected chi connectivity index (χ0v) is 14.7. The number of carbonyl (C=O) groups excluding carboxylic acids is 1. The molecule has 2 aliphatic rings. The molecular formula is C20H26N4O. The monoisotopic (exact) mass is 338 g/mol. The number of hydrogen-bond acceptors (Lipinski definition) is 3. The van der Waals surface area contributed by atoms with Gasteiger partial charge in [-0.2, -0.15) is 0 Å². The number of aromatic nitrogens is 3. The smallest absolute Gasteiger partial charge is 0.225 e. The van der Waals surface area contributed by atoms with Crippen LogP contribution in [-0.4, -0.2) is 38.4 Å². The highest BCUT2D eigenvalue weighted by Crippen LogP contribution is 2.31. The van der Waals surface area contributed by atoms with E-state index in [0.717, 1.165) is 56.8 Å². The number of nitrogens with zero attached hydrogens (tertiary/aromatic N) is 4. The third-order valence-electron chi connectivity index (χ3n) is 5.61. The third kappa shape index (κ3) is 3.60. The predicted molar refractivity (Wildman–Crippen MR) is 96.1 cm³/mol. The quantitative estimate of drug-likeness (QED) is 0.860. The lowest BCUT2D eigenvalue weighted by Gasteiger charge is -2.34. The molecule has 2 aromatic heterocycles. The van der Waals surface area contributed by atoms with Gasteiger partial charge < -0.3 is 9.47 Å². The van der Waals surface area contributed by atoms with E-state index in [4.69, 9.17) is 0 Å². The molecule has 0 unspecified atom stereocenters. The van der Waals surface area contributed by atoms with E-state index in [1.165, 1.54) is 12.8 Å². The van der Waals surface area contributed by atoms with Crippen LogP contribution in [0.4, 0.5) is 0 Å². The van der Waals surface area contributed by atoms with Crippen LogP contribution in [0.1, 0.15) is 56.0 Å². The van der Waals surface area contributed by atoms with Gasteiger partial charge in [0.15, 0.2) is 0 Å². The molecular weight excluding hydrogens is 312 g/mol. The van der Waals surface area contributed by atoms with E-state index in [9.17, 15) is 4.79 Å². The van der Waals surface area contributed by atoms with E-state index in [0.29, 0.717) is 11.8 Å². The van der Waals surface area contributed by atoms with Gasteiger partial charge >= 0.3 is 0 Å². The highest BCUT2D eigenvalue weighted by Gasteiger charge is 2.32. The second-order valence-electron chi connectivity index (χ2n) is 7.34. The minimum absolute atomic E-state index is 0.270. The van der Waals surface area contributed by atoms with Gasteiger partial charge in [-0.15, -0.1) is 0 Å². The van der Waals surface area contributed by atoms with Gasteiger partial charge in [-0.3, -0.25) is 9.78 Å². The number of amides is 1. The van der Waals surface area contributed by atoms with Crippen LogP contribution in [0.5, 0.6) is 0 Å². The molecule has 1 saturated heterocycles. The molecule has 3 heterocycles. The number of rotatable bonds is 4. The fraction of sp³-hybridized carbons (Fsp3) is 0.550. The molecule has 1 aliphatic heterocycles. The van der Waals surface area contributed by atoms with Crippen molar-refractivity contribution in [2.45, 2.75) is 51.0 Å². The van der Waals surface area contributed by atoms with Crippen LogP contribution in [0.15, 0.2) is 36.8 Å². The summed E-state index contributed by atoms with van der Waals surface area (Å²) in [6.07, 6.45) is 12.5. The van der Waals surface area contributed by atoms with Crippen LogP contribution < -0.4 is 0 Å². The first-order valence-corrected chi connectivity index (χ1v) is 9.51. The van der Waals surface area contributed by atoms with Gasteiger partial charge in [-0.25, -0.2) is 4.98 Å². The Hall–Kier alpha value is -2.17. The molecule has 1 saturated carbocycles. The molecule has 2 aromatic rings. The van der Waals surface area contributed by atoms with Gasteiger partial charge in [0.1, 0.15) is 5.82 Å². The first-order chi connectivity index (χ1) is 12.3. The highest BCUT2D eigenvalue weighted by molar-refractivity contribution is 5.79. The lowest BCUT2D eigenvalue weighted by Crippen LogP contribution is -2.42. The van der Waals surface area contributed by atoms with E-state index in [1.807, 2.05) is 36.8 Å². The number of piperidine rings is 1. The molecule has 0 aromatic carbocycles. The van der Waals surface area contributed by atoms with Gasteiger partial charge in [0, 0.05) is 43.5 Å². The van der Waals surface area contributed by atoms with Crippen LogP contribution >= 0.6 is 0 Å².